The van der Waals surface area contributed by atoms with Crippen LogP contribution in [-0.2, 0) is 27.5 Å². The lowest BCUT2D eigenvalue weighted by Crippen LogP contribution is -2.44. The first-order chi connectivity index (χ1) is 12.5. The van der Waals surface area contributed by atoms with Crippen LogP contribution in [0.2, 0.25) is 0 Å². The lowest BCUT2D eigenvalue weighted by Gasteiger charge is -2.28. The molecule has 26 heavy (non-hydrogen) atoms. The van der Waals surface area contributed by atoms with Gasteiger partial charge in [0.25, 0.3) is 0 Å². The van der Waals surface area contributed by atoms with E-state index in [0.717, 1.165) is 16.8 Å². The van der Waals surface area contributed by atoms with Crippen molar-refractivity contribution in [1.29, 1.82) is 5.26 Å². The van der Waals surface area contributed by atoms with Gasteiger partial charge in [-0.2, -0.15) is 18.0 Å². The minimum atomic E-state index is -3.88. The molecule has 1 atom stereocenters. The highest BCUT2D eigenvalue weighted by Gasteiger charge is 2.33. The molecule has 1 aliphatic rings. The van der Waals surface area contributed by atoms with Gasteiger partial charge in [-0.15, -0.1) is 0 Å². The third-order valence-electron chi connectivity index (χ3n) is 4.36. The van der Waals surface area contributed by atoms with Gasteiger partial charge in [-0.3, -0.25) is 4.18 Å². The summed E-state index contributed by atoms with van der Waals surface area (Å²) in [5.41, 5.74) is 3.17. The normalized spacial score (nSPS) is 17.6. The lowest BCUT2D eigenvalue weighted by atomic mass is 10.1. The molecule has 0 bridgehead atoms. The summed E-state index contributed by atoms with van der Waals surface area (Å²) in [6.45, 7) is 2.36. The van der Waals surface area contributed by atoms with E-state index < -0.39 is 10.3 Å². The van der Waals surface area contributed by atoms with Gasteiger partial charge in [0.1, 0.15) is 0 Å². The van der Waals surface area contributed by atoms with Crippen LogP contribution in [0.1, 0.15) is 23.6 Å². The maximum Gasteiger partial charge on any atom is 0.339 e. The highest BCUT2D eigenvalue weighted by Crippen LogP contribution is 2.27. The van der Waals surface area contributed by atoms with Gasteiger partial charge in [0.15, 0.2) is 0 Å². The Bertz CT molecular complexity index is 907. The maximum atomic E-state index is 12.7. The molecular weight excluding hydrogens is 350 g/mol. The molecule has 1 heterocycles. The van der Waals surface area contributed by atoms with Crippen LogP contribution in [-0.4, -0.2) is 31.9 Å². The molecule has 0 aromatic heterocycles. The highest BCUT2D eigenvalue weighted by molar-refractivity contribution is 7.84. The zero-order valence-electron chi connectivity index (χ0n) is 14.6. The molecule has 0 saturated heterocycles. The second-order valence-corrected chi connectivity index (χ2v) is 7.68. The molecule has 0 amide bonds. The van der Waals surface area contributed by atoms with Crippen molar-refractivity contribution < 1.29 is 12.6 Å². The summed E-state index contributed by atoms with van der Waals surface area (Å²) in [6.07, 6.45) is 0.569. The van der Waals surface area contributed by atoms with E-state index in [-0.39, 0.29) is 19.2 Å². The monoisotopic (exact) mass is 371 g/mol. The number of fused-ring (bicyclic) bond motifs is 1. The fraction of sp³-hybridized carbons (Fsp3) is 0.316. The van der Waals surface area contributed by atoms with E-state index in [1.807, 2.05) is 36.4 Å². The van der Waals surface area contributed by atoms with Crippen LogP contribution >= 0.6 is 0 Å². The van der Waals surface area contributed by atoms with E-state index in [1.165, 1.54) is 4.31 Å². The highest BCUT2D eigenvalue weighted by atomic mass is 32.2. The molecule has 0 saturated carbocycles. The van der Waals surface area contributed by atoms with Crippen molar-refractivity contribution in [3.63, 3.8) is 0 Å². The Hall–Kier alpha value is -2.40. The SMILES string of the molecule is CCOS(=O)(=O)N1Cc2cc(C#N)ccc2NC[C@H]1Cc1ccccc1. The third kappa shape index (κ3) is 4.05. The smallest absolute Gasteiger partial charge is 0.339 e. The van der Waals surface area contributed by atoms with Crippen LogP contribution in [0.3, 0.4) is 0 Å². The molecule has 2 aromatic rings. The van der Waals surface area contributed by atoms with Crippen molar-refractivity contribution in [3.05, 3.63) is 65.2 Å². The molecule has 6 nitrogen and oxygen atoms in total. The minimum absolute atomic E-state index is 0.0788. The number of rotatable bonds is 5. The Kier molecular flexibility index (Phi) is 5.57. The average Bonchev–Trinajstić information content (AvgIpc) is 2.82. The van der Waals surface area contributed by atoms with E-state index in [4.69, 9.17) is 9.44 Å². The predicted molar refractivity (Wildman–Crippen MR) is 99.7 cm³/mol. The second kappa shape index (κ2) is 7.87. The lowest BCUT2D eigenvalue weighted by molar-refractivity contribution is 0.244. The average molecular weight is 371 g/mol. The predicted octanol–water partition coefficient (Wildman–Crippen LogP) is 2.68. The van der Waals surface area contributed by atoms with Crippen LogP contribution in [0.4, 0.5) is 5.69 Å². The molecule has 1 N–H and O–H groups in total. The third-order valence-corrected chi connectivity index (χ3v) is 5.90. The Morgan fingerprint density at radius 3 is 2.73 bits per heavy atom. The van der Waals surface area contributed by atoms with Gasteiger partial charge in [0.2, 0.25) is 0 Å². The Labute approximate surface area is 154 Å². The molecule has 1 aliphatic heterocycles. The molecule has 7 heteroatoms. The molecule has 0 unspecified atom stereocenters. The first-order valence-electron chi connectivity index (χ1n) is 8.50. The number of anilines is 1. The maximum absolute atomic E-state index is 12.7. The summed E-state index contributed by atoms with van der Waals surface area (Å²) in [7, 11) is -3.88. The van der Waals surface area contributed by atoms with Gasteiger partial charge in [0, 0.05) is 24.8 Å². The quantitative estimate of drug-likeness (QED) is 0.874. The van der Waals surface area contributed by atoms with E-state index in [2.05, 4.69) is 11.4 Å². The van der Waals surface area contributed by atoms with Crippen molar-refractivity contribution >= 4 is 16.0 Å². The van der Waals surface area contributed by atoms with Gasteiger partial charge < -0.3 is 5.32 Å². The molecule has 0 spiro atoms. The summed E-state index contributed by atoms with van der Waals surface area (Å²) in [5.74, 6) is 0. The van der Waals surface area contributed by atoms with Crippen LogP contribution in [0.15, 0.2) is 48.5 Å². The molecule has 136 valence electrons. The first-order valence-corrected chi connectivity index (χ1v) is 9.87. The molecule has 0 fully saturated rings. The number of hydrogen-bond donors (Lipinski definition) is 1. The summed E-state index contributed by atoms with van der Waals surface area (Å²) in [4.78, 5) is 0. The Morgan fingerprint density at radius 2 is 2.04 bits per heavy atom. The summed E-state index contributed by atoms with van der Waals surface area (Å²) in [6, 6.07) is 16.9. The van der Waals surface area contributed by atoms with Crippen molar-refractivity contribution in [2.45, 2.75) is 25.9 Å². The van der Waals surface area contributed by atoms with Crippen molar-refractivity contribution in [2.75, 3.05) is 18.5 Å². The molecule has 0 radical (unpaired) electrons. The molecule has 0 aliphatic carbocycles. The van der Waals surface area contributed by atoms with Crippen molar-refractivity contribution in [3.8, 4) is 6.07 Å². The summed E-state index contributed by atoms with van der Waals surface area (Å²) < 4.78 is 31.9. The fourth-order valence-electron chi connectivity index (χ4n) is 3.13. The summed E-state index contributed by atoms with van der Waals surface area (Å²) in [5, 5.41) is 12.5. The van der Waals surface area contributed by atoms with Gasteiger partial charge in [-0.25, -0.2) is 0 Å². The standard InChI is InChI=1S/C19H21N3O3S/c1-2-25-26(23,24)22-14-17-10-16(12-20)8-9-19(17)21-13-18(22)11-15-6-4-3-5-7-15/h3-10,18,21H,2,11,13-14H2,1H3/t18-/m1/s1. The number of nitrogens with zero attached hydrogens (tertiary/aromatic N) is 2. The van der Waals surface area contributed by atoms with Gasteiger partial charge in [-0.05, 0) is 42.7 Å². The van der Waals surface area contributed by atoms with Crippen LogP contribution in [0.5, 0.6) is 0 Å². The Morgan fingerprint density at radius 1 is 1.27 bits per heavy atom. The fourth-order valence-corrected chi connectivity index (χ4v) is 4.38. The van der Waals surface area contributed by atoms with Gasteiger partial charge in [0.05, 0.1) is 18.2 Å². The number of nitriles is 1. The largest absolute Gasteiger partial charge is 0.383 e. The molecular formula is C19H21N3O3S. The zero-order chi connectivity index (χ0) is 18.6. The van der Waals surface area contributed by atoms with Crippen LogP contribution in [0.25, 0.3) is 0 Å². The van der Waals surface area contributed by atoms with E-state index in [1.54, 1.807) is 19.1 Å². The molecule has 3 rings (SSSR count). The van der Waals surface area contributed by atoms with Crippen LogP contribution < -0.4 is 5.32 Å². The molecule has 2 aromatic carbocycles. The van der Waals surface area contributed by atoms with Crippen LogP contribution in [0, 0.1) is 11.3 Å². The van der Waals surface area contributed by atoms with Gasteiger partial charge in [-0.1, -0.05) is 30.3 Å². The second-order valence-electron chi connectivity index (χ2n) is 6.12. The van der Waals surface area contributed by atoms with Crippen molar-refractivity contribution in [2.24, 2.45) is 0 Å². The number of hydrogen-bond acceptors (Lipinski definition) is 5. The topological polar surface area (TPSA) is 82.4 Å². The van der Waals surface area contributed by atoms with E-state index in [9.17, 15) is 8.42 Å². The van der Waals surface area contributed by atoms with E-state index >= 15 is 0 Å². The van der Waals surface area contributed by atoms with E-state index in [0.29, 0.717) is 18.5 Å². The Balaban J connectivity index is 1.97. The zero-order valence-corrected chi connectivity index (χ0v) is 15.4. The minimum Gasteiger partial charge on any atom is -0.383 e. The number of nitrogens with one attached hydrogen (secondary N) is 1. The summed E-state index contributed by atoms with van der Waals surface area (Å²) >= 11 is 0. The number of benzene rings is 2. The first kappa shape index (κ1) is 18.4. The van der Waals surface area contributed by atoms with Gasteiger partial charge >= 0.3 is 10.3 Å². The van der Waals surface area contributed by atoms with Crippen molar-refractivity contribution in [1.82, 2.24) is 4.31 Å².